The molecular formula is C27H35N5O. The molecule has 2 fully saturated rings. The molecule has 5 rings (SSSR count). The summed E-state index contributed by atoms with van der Waals surface area (Å²) in [6.07, 6.45) is 6.45. The highest BCUT2D eigenvalue weighted by Crippen LogP contribution is 2.29. The van der Waals surface area contributed by atoms with Gasteiger partial charge >= 0.3 is 0 Å². The van der Waals surface area contributed by atoms with E-state index in [9.17, 15) is 0 Å². The van der Waals surface area contributed by atoms with Crippen molar-refractivity contribution in [1.29, 1.82) is 0 Å². The summed E-state index contributed by atoms with van der Waals surface area (Å²) in [6.45, 7) is 9.80. The highest BCUT2D eigenvalue weighted by molar-refractivity contribution is 5.58. The molecule has 6 nitrogen and oxygen atoms in total. The van der Waals surface area contributed by atoms with Crippen molar-refractivity contribution in [2.75, 3.05) is 51.3 Å². The Balaban J connectivity index is 1.22. The predicted octanol–water partition coefficient (Wildman–Crippen LogP) is 3.98. The van der Waals surface area contributed by atoms with Gasteiger partial charge in [0.1, 0.15) is 5.75 Å². The fourth-order valence-electron chi connectivity index (χ4n) is 5.41. The molecule has 2 aromatic carbocycles. The first kappa shape index (κ1) is 22.0. The van der Waals surface area contributed by atoms with Crippen LogP contribution in [-0.2, 0) is 6.54 Å². The molecule has 2 aliphatic heterocycles. The van der Waals surface area contributed by atoms with Gasteiger partial charge in [-0.2, -0.15) is 5.10 Å². The third kappa shape index (κ3) is 4.92. The van der Waals surface area contributed by atoms with E-state index in [0.29, 0.717) is 6.04 Å². The molecule has 0 aliphatic carbocycles. The van der Waals surface area contributed by atoms with Gasteiger partial charge in [-0.15, -0.1) is 0 Å². The number of anilines is 1. The highest BCUT2D eigenvalue weighted by Gasteiger charge is 2.29. The van der Waals surface area contributed by atoms with Crippen LogP contribution in [0, 0.1) is 6.92 Å². The van der Waals surface area contributed by atoms with Crippen LogP contribution in [0.3, 0.4) is 0 Å². The minimum absolute atomic E-state index is 0.636. The number of hydrogen-bond acceptors (Lipinski definition) is 5. The summed E-state index contributed by atoms with van der Waals surface area (Å²) in [6, 6.07) is 17.7. The molecule has 0 amide bonds. The summed E-state index contributed by atoms with van der Waals surface area (Å²) in [4.78, 5) is 7.82. The number of hydrogen-bond donors (Lipinski definition) is 0. The maximum Gasteiger partial charge on any atom is 0.142 e. The number of piperazine rings is 1. The number of nitrogens with zero attached hydrogens (tertiary/aromatic N) is 5. The number of para-hydroxylation sites is 2. The van der Waals surface area contributed by atoms with Gasteiger partial charge in [0, 0.05) is 57.7 Å². The molecule has 0 N–H and O–H groups in total. The number of benzene rings is 2. The van der Waals surface area contributed by atoms with Crippen LogP contribution in [0.1, 0.15) is 24.0 Å². The van der Waals surface area contributed by atoms with Gasteiger partial charge in [0.15, 0.2) is 0 Å². The topological polar surface area (TPSA) is 36.8 Å². The third-order valence-electron chi connectivity index (χ3n) is 7.12. The zero-order valence-electron chi connectivity index (χ0n) is 19.9. The first-order chi connectivity index (χ1) is 16.2. The Bertz CT molecular complexity index is 1040. The summed E-state index contributed by atoms with van der Waals surface area (Å²) in [5.41, 5.74) is 5.08. The molecule has 33 heavy (non-hydrogen) atoms. The van der Waals surface area contributed by atoms with Crippen LogP contribution >= 0.6 is 0 Å². The van der Waals surface area contributed by atoms with Gasteiger partial charge in [-0.1, -0.05) is 29.8 Å². The van der Waals surface area contributed by atoms with Crippen molar-refractivity contribution in [1.82, 2.24) is 19.6 Å². The second-order valence-electron chi connectivity index (χ2n) is 9.31. The fourth-order valence-corrected chi connectivity index (χ4v) is 5.41. The lowest BCUT2D eigenvalue weighted by Crippen LogP contribution is -2.55. The van der Waals surface area contributed by atoms with Gasteiger partial charge in [0.05, 0.1) is 18.5 Å². The van der Waals surface area contributed by atoms with Gasteiger partial charge in [0.25, 0.3) is 0 Å². The Morgan fingerprint density at radius 3 is 2.61 bits per heavy atom. The molecular weight excluding hydrogens is 410 g/mol. The normalized spacial score (nSPS) is 20.2. The number of likely N-dealkylation sites (tertiary alicyclic amines) is 1. The molecule has 3 heterocycles. The van der Waals surface area contributed by atoms with Gasteiger partial charge in [0.2, 0.25) is 0 Å². The Labute approximate surface area is 197 Å². The summed E-state index contributed by atoms with van der Waals surface area (Å²) in [5.74, 6) is 0.973. The number of aryl methyl sites for hydroxylation is 1. The molecule has 0 saturated carbocycles. The average Bonchev–Trinajstić information content (AvgIpc) is 3.39. The minimum Gasteiger partial charge on any atom is -0.495 e. The van der Waals surface area contributed by atoms with Gasteiger partial charge in [-0.05, 0) is 56.1 Å². The van der Waals surface area contributed by atoms with Crippen molar-refractivity contribution in [3.63, 3.8) is 0 Å². The number of methoxy groups -OCH3 is 1. The largest absolute Gasteiger partial charge is 0.495 e. The van der Waals surface area contributed by atoms with Crippen LogP contribution in [0.2, 0.25) is 0 Å². The summed E-state index contributed by atoms with van der Waals surface area (Å²) in [7, 11) is 1.76. The molecule has 0 unspecified atom stereocenters. The maximum absolute atomic E-state index is 5.59. The van der Waals surface area contributed by atoms with Crippen molar-refractivity contribution < 1.29 is 4.74 Å². The Hall–Kier alpha value is -2.83. The van der Waals surface area contributed by atoms with Crippen LogP contribution in [0.5, 0.6) is 5.75 Å². The Morgan fingerprint density at radius 1 is 0.970 bits per heavy atom. The van der Waals surface area contributed by atoms with E-state index in [-0.39, 0.29) is 0 Å². The first-order valence-electron chi connectivity index (χ1n) is 12.1. The monoisotopic (exact) mass is 445 g/mol. The number of piperidine rings is 1. The molecule has 0 radical (unpaired) electrons. The van der Waals surface area contributed by atoms with E-state index in [1.807, 2.05) is 29.2 Å². The lowest BCUT2D eigenvalue weighted by atomic mass is 10.0. The molecule has 3 aromatic rings. The second-order valence-corrected chi connectivity index (χ2v) is 9.31. The molecule has 1 aromatic heterocycles. The van der Waals surface area contributed by atoms with Crippen LogP contribution in [0.25, 0.3) is 5.69 Å². The van der Waals surface area contributed by atoms with Crippen LogP contribution in [0.15, 0.2) is 60.9 Å². The molecule has 0 spiro atoms. The number of rotatable bonds is 6. The van der Waals surface area contributed by atoms with E-state index >= 15 is 0 Å². The van der Waals surface area contributed by atoms with Gasteiger partial charge in [-0.25, -0.2) is 4.68 Å². The van der Waals surface area contributed by atoms with E-state index in [1.54, 1.807) is 7.11 Å². The molecule has 1 atom stereocenters. The fraction of sp³-hybridized carbons (Fsp3) is 0.444. The van der Waals surface area contributed by atoms with Crippen molar-refractivity contribution in [3.8, 4) is 11.4 Å². The SMILES string of the molecule is COc1ccccc1N1CCN([C@@H]2CCCN(Cc3cc(C)ccc3-n3cccn3)C2)CC1. The lowest BCUT2D eigenvalue weighted by Gasteiger charge is -2.44. The van der Waals surface area contributed by atoms with E-state index in [0.717, 1.165) is 45.0 Å². The van der Waals surface area contributed by atoms with Crippen LogP contribution in [0.4, 0.5) is 5.69 Å². The van der Waals surface area contributed by atoms with Gasteiger partial charge < -0.3 is 9.64 Å². The van der Waals surface area contributed by atoms with Crippen molar-refractivity contribution in [2.24, 2.45) is 0 Å². The van der Waals surface area contributed by atoms with Gasteiger partial charge in [-0.3, -0.25) is 9.80 Å². The molecule has 6 heteroatoms. The van der Waals surface area contributed by atoms with Crippen molar-refractivity contribution in [2.45, 2.75) is 32.4 Å². The molecule has 174 valence electrons. The minimum atomic E-state index is 0.636. The smallest absolute Gasteiger partial charge is 0.142 e. The zero-order chi connectivity index (χ0) is 22.6. The quantitative estimate of drug-likeness (QED) is 0.574. The first-order valence-corrected chi connectivity index (χ1v) is 12.1. The van der Waals surface area contributed by atoms with Crippen molar-refractivity contribution in [3.05, 3.63) is 72.1 Å². The summed E-state index contributed by atoms with van der Waals surface area (Å²) in [5, 5.41) is 4.48. The van der Waals surface area contributed by atoms with E-state index in [4.69, 9.17) is 4.74 Å². The summed E-state index contributed by atoms with van der Waals surface area (Å²) >= 11 is 0. The Morgan fingerprint density at radius 2 is 1.82 bits per heavy atom. The number of ether oxygens (including phenoxy) is 1. The van der Waals surface area contributed by atoms with E-state index in [1.165, 1.54) is 41.9 Å². The Kier molecular flexibility index (Phi) is 6.65. The summed E-state index contributed by atoms with van der Waals surface area (Å²) < 4.78 is 7.58. The lowest BCUT2D eigenvalue weighted by molar-refractivity contribution is 0.0886. The zero-order valence-corrected chi connectivity index (χ0v) is 19.9. The second kappa shape index (κ2) is 9.98. The molecule has 2 saturated heterocycles. The van der Waals surface area contributed by atoms with E-state index < -0.39 is 0 Å². The van der Waals surface area contributed by atoms with Crippen molar-refractivity contribution >= 4 is 5.69 Å². The van der Waals surface area contributed by atoms with Crippen LogP contribution < -0.4 is 9.64 Å². The third-order valence-corrected chi connectivity index (χ3v) is 7.12. The predicted molar refractivity (Wildman–Crippen MR) is 133 cm³/mol. The van der Waals surface area contributed by atoms with E-state index in [2.05, 4.69) is 63.1 Å². The average molecular weight is 446 g/mol. The maximum atomic E-state index is 5.59. The van der Waals surface area contributed by atoms with Crippen LogP contribution in [-0.4, -0.2) is 72.0 Å². The number of aromatic nitrogens is 2. The molecule has 0 bridgehead atoms. The highest BCUT2D eigenvalue weighted by atomic mass is 16.5. The molecule has 2 aliphatic rings. The standard InChI is InChI=1S/C27H35N5O/c1-22-10-11-25(32-14-6-12-28-32)23(19-22)20-29-13-5-7-24(21-29)30-15-17-31(18-16-30)26-8-3-4-9-27(26)33-2/h3-4,6,8-12,14,19,24H,5,7,13,15-18,20-21H2,1-2H3/t24-/m1/s1.